The predicted octanol–water partition coefficient (Wildman–Crippen LogP) is 2.46. The smallest absolute Gasteiger partial charge is 0.357 e. The van der Waals surface area contributed by atoms with Gasteiger partial charge in [0.2, 0.25) is 0 Å². The van der Waals surface area contributed by atoms with E-state index in [9.17, 15) is 4.79 Å². The number of nitrogens with two attached hydrogens (primary N) is 1. The maximum Gasteiger partial charge on any atom is 0.357 e. The number of carbonyl (C=O) groups excluding carboxylic acids is 1. The number of ether oxygens (including phenoxy) is 1. The van der Waals surface area contributed by atoms with Gasteiger partial charge in [0.25, 0.3) is 0 Å². The van der Waals surface area contributed by atoms with Crippen molar-refractivity contribution in [2.75, 3.05) is 0 Å². The number of aromatic nitrogens is 1. The molecule has 2 N–H and O–H groups in total. The van der Waals surface area contributed by atoms with Crippen LogP contribution >= 0.6 is 0 Å². The lowest BCUT2D eigenvalue weighted by Gasteiger charge is -2.13. The highest BCUT2D eigenvalue weighted by atomic mass is 16.5. The van der Waals surface area contributed by atoms with Gasteiger partial charge in [-0.2, -0.15) is 0 Å². The second kappa shape index (κ2) is 6.11. The van der Waals surface area contributed by atoms with Crippen molar-refractivity contribution >= 4 is 5.97 Å². The van der Waals surface area contributed by atoms with Crippen LogP contribution in [0.3, 0.4) is 0 Å². The molecule has 98 valence electrons. The lowest BCUT2D eigenvalue weighted by Crippen LogP contribution is -2.11. The van der Waals surface area contributed by atoms with Gasteiger partial charge in [-0.05, 0) is 24.1 Å². The van der Waals surface area contributed by atoms with Crippen molar-refractivity contribution in [2.24, 2.45) is 5.73 Å². The Balaban J connectivity index is 2.04. The molecule has 1 unspecified atom stereocenters. The highest BCUT2D eigenvalue weighted by Gasteiger charge is 2.14. The molecule has 0 amide bonds. The average Bonchev–Trinajstić information content (AvgIpc) is 2.48. The zero-order chi connectivity index (χ0) is 13.7. The van der Waals surface area contributed by atoms with Gasteiger partial charge < -0.3 is 10.5 Å². The van der Waals surface area contributed by atoms with Gasteiger partial charge in [-0.1, -0.05) is 36.4 Å². The molecule has 1 aromatic heterocycles. The molecular formula is C15H16N2O2. The van der Waals surface area contributed by atoms with E-state index in [4.69, 9.17) is 10.5 Å². The van der Waals surface area contributed by atoms with Gasteiger partial charge >= 0.3 is 5.97 Å². The number of rotatable bonds is 4. The van der Waals surface area contributed by atoms with E-state index in [0.717, 1.165) is 11.1 Å². The third-order valence-corrected chi connectivity index (χ3v) is 2.82. The molecule has 0 spiro atoms. The number of benzene rings is 1. The van der Waals surface area contributed by atoms with Crippen LogP contribution in [0.25, 0.3) is 0 Å². The monoisotopic (exact) mass is 256 g/mol. The molecule has 19 heavy (non-hydrogen) atoms. The minimum Gasteiger partial charge on any atom is -0.453 e. The molecule has 0 saturated carbocycles. The summed E-state index contributed by atoms with van der Waals surface area (Å²) < 4.78 is 5.36. The average molecular weight is 256 g/mol. The fraction of sp³-hybridized carbons (Fsp3) is 0.200. The Morgan fingerprint density at radius 1 is 1.26 bits per heavy atom. The van der Waals surface area contributed by atoms with Crippen LogP contribution in [0.4, 0.5) is 0 Å². The summed E-state index contributed by atoms with van der Waals surface area (Å²) in [5.74, 6) is -0.431. The molecule has 0 aliphatic rings. The molecule has 4 nitrogen and oxygen atoms in total. The lowest BCUT2D eigenvalue weighted by molar-refractivity contribution is 0.0331. The topological polar surface area (TPSA) is 65.2 Å². The fourth-order valence-corrected chi connectivity index (χ4v) is 1.68. The summed E-state index contributed by atoms with van der Waals surface area (Å²) in [4.78, 5) is 16.0. The summed E-state index contributed by atoms with van der Waals surface area (Å²) in [7, 11) is 0. The minimum absolute atomic E-state index is 0.292. The van der Waals surface area contributed by atoms with Crippen molar-refractivity contribution in [3.05, 3.63) is 65.5 Å². The normalized spacial score (nSPS) is 11.9. The molecule has 2 rings (SSSR count). The van der Waals surface area contributed by atoms with Crippen LogP contribution in [-0.2, 0) is 11.3 Å². The van der Waals surface area contributed by atoms with Crippen molar-refractivity contribution < 1.29 is 9.53 Å². The largest absolute Gasteiger partial charge is 0.453 e. The quantitative estimate of drug-likeness (QED) is 0.853. The first-order chi connectivity index (χ1) is 9.20. The Morgan fingerprint density at radius 3 is 2.58 bits per heavy atom. The molecule has 0 bridgehead atoms. The molecule has 0 aliphatic carbocycles. The van der Waals surface area contributed by atoms with E-state index in [2.05, 4.69) is 4.98 Å². The molecule has 0 aliphatic heterocycles. The summed E-state index contributed by atoms with van der Waals surface area (Å²) in [6, 6.07) is 13.0. The summed E-state index contributed by atoms with van der Waals surface area (Å²) in [5.41, 5.74) is 7.60. The van der Waals surface area contributed by atoms with Gasteiger partial charge in [0, 0.05) is 12.7 Å². The number of hydrogen-bond donors (Lipinski definition) is 1. The Morgan fingerprint density at radius 2 is 2.00 bits per heavy atom. The SMILES string of the molecule is CC(OC(=O)c1ccc(CN)cn1)c1ccccc1. The van der Waals surface area contributed by atoms with Crippen molar-refractivity contribution in [1.29, 1.82) is 0 Å². The third-order valence-electron chi connectivity index (χ3n) is 2.82. The van der Waals surface area contributed by atoms with E-state index in [1.807, 2.05) is 37.3 Å². The first kappa shape index (κ1) is 13.2. The summed E-state index contributed by atoms with van der Waals surface area (Å²) in [6.07, 6.45) is 1.29. The van der Waals surface area contributed by atoms with E-state index in [-0.39, 0.29) is 6.10 Å². The Bertz CT molecular complexity index is 538. The van der Waals surface area contributed by atoms with Gasteiger partial charge in [-0.3, -0.25) is 0 Å². The first-order valence-corrected chi connectivity index (χ1v) is 6.11. The fourth-order valence-electron chi connectivity index (χ4n) is 1.68. The Kier molecular flexibility index (Phi) is 4.26. The first-order valence-electron chi connectivity index (χ1n) is 6.11. The van der Waals surface area contributed by atoms with Gasteiger partial charge in [0.05, 0.1) is 0 Å². The van der Waals surface area contributed by atoms with E-state index < -0.39 is 5.97 Å². The molecule has 1 heterocycles. The molecule has 4 heteroatoms. The third kappa shape index (κ3) is 3.39. The van der Waals surface area contributed by atoms with E-state index in [0.29, 0.717) is 12.2 Å². The predicted molar refractivity (Wildman–Crippen MR) is 72.4 cm³/mol. The second-order valence-corrected chi connectivity index (χ2v) is 4.21. The van der Waals surface area contributed by atoms with Crippen LogP contribution < -0.4 is 5.73 Å². The Hall–Kier alpha value is -2.20. The van der Waals surface area contributed by atoms with Crippen molar-refractivity contribution in [3.8, 4) is 0 Å². The van der Waals surface area contributed by atoms with Crippen LogP contribution in [0.15, 0.2) is 48.7 Å². The van der Waals surface area contributed by atoms with E-state index in [1.54, 1.807) is 18.3 Å². The van der Waals surface area contributed by atoms with Crippen molar-refractivity contribution in [3.63, 3.8) is 0 Å². The molecule has 2 aromatic rings. The van der Waals surface area contributed by atoms with Gasteiger partial charge in [-0.15, -0.1) is 0 Å². The van der Waals surface area contributed by atoms with Gasteiger partial charge in [0.1, 0.15) is 11.8 Å². The molecular weight excluding hydrogens is 240 g/mol. The van der Waals surface area contributed by atoms with Crippen LogP contribution in [-0.4, -0.2) is 11.0 Å². The van der Waals surface area contributed by atoms with E-state index >= 15 is 0 Å². The molecule has 0 saturated heterocycles. The van der Waals surface area contributed by atoms with Crippen LogP contribution in [0.5, 0.6) is 0 Å². The molecule has 0 radical (unpaired) electrons. The number of nitrogens with zero attached hydrogens (tertiary/aromatic N) is 1. The lowest BCUT2D eigenvalue weighted by atomic mass is 10.1. The van der Waals surface area contributed by atoms with Crippen LogP contribution in [0, 0.1) is 0 Å². The molecule has 0 fully saturated rings. The standard InChI is InChI=1S/C15H16N2O2/c1-11(13-5-3-2-4-6-13)19-15(18)14-8-7-12(9-16)10-17-14/h2-8,10-11H,9,16H2,1H3. The van der Waals surface area contributed by atoms with Crippen molar-refractivity contribution in [2.45, 2.75) is 19.6 Å². The van der Waals surface area contributed by atoms with E-state index in [1.165, 1.54) is 0 Å². The number of carbonyl (C=O) groups is 1. The maximum atomic E-state index is 11.9. The molecule has 1 aromatic carbocycles. The zero-order valence-electron chi connectivity index (χ0n) is 10.7. The number of esters is 1. The number of pyridine rings is 1. The minimum atomic E-state index is -0.431. The highest BCUT2D eigenvalue weighted by molar-refractivity contribution is 5.87. The van der Waals surface area contributed by atoms with Crippen LogP contribution in [0.1, 0.15) is 34.6 Å². The highest BCUT2D eigenvalue weighted by Crippen LogP contribution is 2.17. The van der Waals surface area contributed by atoms with Crippen LogP contribution in [0.2, 0.25) is 0 Å². The van der Waals surface area contributed by atoms with Crippen molar-refractivity contribution in [1.82, 2.24) is 4.98 Å². The summed E-state index contributed by atoms with van der Waals surface area (Å²) in [6.45, 7) is 2.24. The number of hydrogen-bond acceptors (Lipinski definition) is 4. The van der Waals surface area contributed by atoms with Gasteiger partial charge in [0.15, 0.2) is 0 Å². The zero-order valence-corrected chi connectivity index (χ0v) is 10.7. The summed E-state index contributed by atoms with van der Waals surface area (Å²) in [5, 5.41) is 0. The molecule has 1 atom stereocenters. The second-order valence-electron chi connectivity index (χ2n) is 4.21. The maximum absolute atomic E-state index is 11.9. The Labute approximate surface area is 112 Å². The van der Waals surface area contributed by atoms with Gasteiger partial charge in [-0.25, -0.2) is 9.78 Å². The summed E-state index contributed by atoms with van der Waals surface area (Å²) >= 11 is 0.